The summed E-state index contributed by atoms with van der Waals surface area (Å²) in [6.45, 7) is 6.59. The van der Waals surface area contributed by atoms with E-state index in [4.69, 9.17) is 23.2 Å². The Morgan fingerprint density at radius 1 is 1.05 bits per heavy atom. The van der Waals surface area contributed by atoms with Crippen molar-refractivity contribution in [3.63, 3.8) is 0 Å². The molecular formula is C33H35Cl2FN2O. The van der Waals surface area contributed by atoms with E-state index in [0.717, 1.165) is 24.0 Å². The zero-order valence-electron chi connectivity index (χ0n) is 22.5. The van der Waals surface area contributed by atoms with Crippen molar-refractivity contribution in [1.82, 2.24) is 4.90 Å². The summed E-state index contributed by atoms with van der Waals surface area (Å²) in [5, 5.41) is 1.33. The Morgan fingerprint density at radius 2 is 1.77 bits per heavy atom. The molecule has 1 heterocycles. The number of hydrogen-bond acceptors (Lipinski definition) is 2. The summed E-state index contributed by atoms with van der Waals surface area (Å²) in [5.41, 5.74) is 2.06. The Hall–Kier alpha value is -2.82. The Balaban J connectivity index is 1.65. The summed E-state index contributed by atoms with van der Waals surface area (Å²) >= 11 is 12.8. The SMILES string of the molecule is C=CC[C@@]1(C)C[C@H](c2cccc(Cl)c2)C(c2ccc(Cl)cc2)N([C@H](CN(C)c2ccccc2F)C2CC2)C1=O. The molecule has 2 fully saturated rings. The summed E-state index contributed by atoms with van der Waals surface area (Å²) in [7, 11) is 1.91. The number of carbonyl (C=O) groups is 1. The summed E-state index contributed by atoms with van der Waals surface area (Å²) < 4.78 is 14.8. The zero-order chi connectivity index (χ0) is 27.7. The quantitative estimate of drug-likeness (QED) is 0.242. The maximum Gasteiger partial charge on any atom is 0.229 e. The van der Waals surface area contributed by atoms with Gasteiger partial charge in [-0.2, -0.15) is 0 Å². The Bertz CT molecular complexity index is 1340. The van der Waals surface area contributed by atoms with E-state index in [1.807, 2.05) is 66.6 Å². The van der Waals surface area contributed by atoms with Crippen LogP contribution in [0, 0.1) is 17.2 Å². The van der Waals surface area contributed by atoms with E-state index < -0.39 is 5.41 Å². The first kappa shape index (κ1) is 27.7. The second-order valence-electron chi connectivity index (χ2n) is 11.4. The molecule has 1 saturated heterocycles. The number of likely N-dealkylation sites (N-methyl/N-ethyl adjacent to an activating group) is 1. The minimum atomic E-state index is -0.624. The Kier molecular flexibility index (Phi) is 8.07. The number of hydrogen-bond donors (Lipinski definition) is 0. The number of piperidine rings is 1. The molecular weight excluding hydrogens is 530 g/mol. The van der Waals surface area contributed by atoms with Crippen LogP contribution in [-0.4, -0.2) is 30.4 Å². The highest BCUT2D eigenvalue weighted by atomic mass is 35.5. The fraction of sp³-hybridized carbons (Fsp3) is 0.364. The minimum absolute atomic E-state index is 0.00698. The molecule has 1 aliphatic heterocycles. The van der Waals surface area contributed by atoms with Crippen molar-refractivity contribution < 1.29 is 9.18 Å². The van der Waals surface area contributed by atoms with Crippen LogP contribution < -0.4 is 4.90 Å². The average molecular weight is 566 g/mol. The molecule has 0 N–H and O–H groups in total. The number of amides is 1. The van der Waals surface area contributed by atoms with Gasteiger partial charge in [0.2, 0.25) is 5.91 Å². The lowest BCUT2D eigenvalue weighted by Crippen LogP contribution is -2.58. The van der Waals surface area contributed by atoms with Crippen molar-refractivity contribution in [1.29, 1.82) is 0 Å². The molecule has 1 unspecified atom stereocenters. The maximum absolute atomic E-state index is 14.8. The van der Waals surface area contributed by atoms with Crippen molar-refractivity contribution >= 4 is 34.8 Å². The minimum Gasteiger partial charge on any atom is -0.370 e. The van der Waals surface area contributed by atoms with Crippen molar-refractivity contribution in [2.75, 3.05) is 18.5 Å². The highest BCUT2D eigenvalue weighted by Crippen LogP contribution is 2.54. The average Bonchev–Trinajstić information content (AvgIpc) is 3.75. The van der Waals surface area contributed by atoms with Crippen molar-refractivity contribution in [2.24, 2.45) is 11.3 Å². The first-order valence-electron chi connectivity index (χ1n) is 13.6. The number of allylic oxidation sites excluding steroid dienone is 1. The van der Waals surface area contributed by atoms with E-state index in [9.17, 15) is 9.18 Å². The van der Waals surface area contributed by atoms with Gasteiger partial charge in [-0.25, -0.2) is 4.39 Å². The summed E-state index contributed by atoms with van der Waals surface area (Å²) in [5.74, 6) is 0.220. The van der Waals surface area contributed by atoms with Gasteiger partial charge in [0, 0.05) is 29.6 Å². The molecule has 1 aliphatic carbocycles. The molecule has 1 saturated carbocycles. The van der Waals surface area contributed by atoms with Crippen LogP contribution in [0.2, 0.25) is 10.0 Å². The van der Waals surface area contributed by atoms with E-state index >= 15 is 0 Å². The molecule has 4 atom stereocenters. The first-order chi connectivity index (χ1) is 18.7. The van der Waals surface area contributed by atoms with Crippen LogP contribution in [0.15, 0.2) is 85.5 Å². The van der Waals surface area contributed by atoms with Gasteiger partial charge >= 0.3 is 0 Å². The summed E-state index contributed by atoms with van der Waals surface area (Å²) in [6.07, 6.45) is 5.20. The normalized spacial score (nSPS) is 23.9. The van der Waals surface area contributed by atoms with Gasteiger partial charge in [0.15, 0.2) is 0 Å². The Morgan fingerprint density at radius 3 is 2.41 bits per heavy atom. The molecule has 0 radical (unpaired) electrons. The number of benzene rings is 3. The van der Waals surface area contributed by atoms with E-state index in [1.165, 1.54) is 6.07 Å². The molecule has 3 aromatic rings. The number of halogens is 3. The van der Waals surface area contributed by atoms with Gasteiger partial charge < -0.3 is 9.80 Å². The molecule has 0 bridgehead atoms. The predicted octanol–water partition coefficient (Wildman–Crippen LogP) is 8.69. The topological polar surface area (TPSA) is 23.6 Å². The van der Waals surface area contributed by atoms with Gasteiger partial charge in [0.25, 0.3) is 0 Å². The first-order valence-corrected chi connectivity index (χ1v) is 14.4. The van der Waals surface area contributed by atoms with Crippen LogP contribution in [-0.2, 0) is 4.79 Å². The molecule has 0 spiro atoms. The molecule has 1 amide bonds. The third-order valence-corrected chi connectivity index (χ3v) is 8.92. The van der Waals surface area contributed by atoms with Gasteiger partial charge in [-0.05, 0) is 79.1 Å². The van der Waals surface area contributed by atoms with E-state index in [1.54, 1.807) is 12.1 Å². The van der Waals surface area contributed by atoms with Gasteiger partial charge in [0.1, 0.15) is 5.82 Å². The third kappa shape index (κ3) is 5.73. The van der Waals surface area contributed by atoms with Crippen LogP contribution in [0.1, 0.15) is 55.7 Å². The van der Waals surface area contributed by atoms with Crippen LogP contribution in [0.5, 0.6) is 0 Å². The van der Waals surface area contributed by atoms with Gasteiger partial charge in [0.05, 0.1) is 23.2 Å². The second-order valence-corrected chi connectivity index (χ2v) is 12.2. The molecule has 5 rings (SSSR count). The molecule has 6 heteroatoms. The molecule has 3 aromatic carbocycles. The molecule has 204 valence electrons. The van der Waals surface area contributed by atoms with Crippen molar-refractivity contribution in [2.45, 2.75) is 50.6 Å². The zero-order valence-corrected chi connectivity index (χ0v) is 24.0. The summed E-state index contributed by atoms with van der Waals surface area (Å²) in [6, 6.07) is 22.4. The largest absolute Gasteiger partial charge is 0.370 e. The lowest BCUT2D eigenvalue weighted by Gasteiger charge is -2.53. The number of para-hydroxylation sites is 1. The van der Waals surface area contributed by atoms with E-state index in [-0.39, 0.29) is 29.7 Å². The smallest absolute Gasteiger partial charge is 0.229 e. The van der Waals surface area contributed by atoms with Gasteiger partial charge in [-0.15, -0.1) is 6.58 Å². The van der Waals surface area contributed by atoms with E-state index in [2.05, 4.69) is 24.5 Å². The monoisotopic (exact) mass is 564 g/mol. The van der Waals surface area contributed by atoms with Crippen LogP contribution in [0.4, 0.5) is 10.1 Å². The lowest BCUT2D eigenvalue weighted by atomic mass is 9.67. The number of likely N-dealkylation sites (tertiary alicyclic amines) is 1. The van der Waals surface area contributed by atoms with Crippen LogP contribution in [0.25, 0.3) is 0 Å². The number of rotatable bonds is 9. The molecule has 39 heavy (non-hydrogen) atoms. The third-order valence-electron chi connectivity index (χ3n) is 8.43. The second kappa shape index (κ2) is 11.3. The number of carbonyl (C=O) groups excluding carboxylic acids is 1. The highest BCUT2D eigenvalue weighted by Gasteiger charge is 2.53. The van der Waals surface area contributed by atoms with Gasteiger partial charge in [-0.3, -0.25) is 4.79 Å². The Labute approximate surface area is 241 Å². The molecule has 0 aromatic heterocycles. The molecule has 2 aliphatic rings. The van der Waals surface area contributed by atoms with Crippen molar-refractivity contribution in [3.8, 4) is 0 Å². The predicted molar refractivity (Wildman–Crippen MR) is 159 cm³/mol. The molecule has 3 nitrogen and oxygen atoms in total. The lowest BCUT2D eigenvalue weighted by molar-refractivity contribution is -0.154. The summed E-state index contributed by atoms with van der Waals surface area (Å²) in [4.78, 5) is 18.7. The van der Waals surface area contributed by atoms with Crippen molar-refractivity contribution in [3.05, 3.63) is 112 Å². The fourth-order valence-electron chi connectivity index (χ4n) is 6.34. The van der Waals surface area contributed by atoms with E-state index in [0.29, 0.717) is 41.0 Å². The maximum atomic E-state index is 14.8. The fourth-order valence-corrected chi connectivity index (χ4v) is 6.66. The van der Waals surface area contributed by atoms with Crippen LogP contribution in [0.3, 0.4) is 0 Å². The highest BCUT2D eigenvalue weighted by molar-refractivity contribution is 6.30. The van der Waals surface area contributed by atoms with Gasteiger partial charge in [-0.1, -0.05) is 72.6 Å². The standard InChI is InChI=1S/C33H35Cl2FN2O/c1-4-18-33(2)20-27(24-8-7-9-26(35)19-24)31(23-14-16-25(34)17-15-23)38(32(33)39)30(22-12-13-22)21-37(3)29-11-6-5-10-28(29)36/h4-11,14-17,19,22,27,30-31H,1,12-13,18,20-21H2,2-3H3/t27-,30-,31?,33+/m1/s1. The number of nitrogens with zero attached hydrogens (tertiary/aromatic N) is 2. The number of anilines is 1. The van der Waals surface area contributed by atoms with Crippen LogP contribution >= 0.6 is 23.2 Å².